The molecule has 116 valence electrons. The summed E-state index contributed by atoms with van der Waals surface area (Å²) in [7, 11) is -2.40. The Morgan fingerprint density at radius 1 is 1.24 bits per heavy atom. The van der Waals surface area contributed by atoms with Gasteiger partial charge in [-0.05, 0) is 38.1 Å². The van der Waals surface area contributed by atoms with Gasteiger partial charge in [-0.15, -0.1) is 0 Å². The van der Waals surface area contributed by atoms with E-state index in [1.807, 2.05) is 5.01 Å². The molecule has 2 N–H and O–H groups in total. The largest absolute Gasteiger partial charge is 0.285 e. The Labute approximate surface area is 129 Å². The molecule has 0 saturated carbocycles. The van der Waals surface area contributed by atoms with Crippen LogP contribution in [0, 0.1) is 0 Å². The fourth-order valence-electron chi connectivity index (χ4n) is 2.17. The van der Waals surface area contributed by atoms with Crippen LogP contribution >= 0.6 is 11.6 Å². The zero-order valence-corrected chi connectivity index (χ0v) is 13.3. The van der Waals surface area contributed by atoms with Crippen molar-refractivity contribution in [2.75, 3.05) is 20.1 Å². The summed E-state index contributed by atoms with van der Waals surface area (Å²) in [5.41, 5.74) is 3.05. The van der Waals surface area contributed by atoms with Gasteiger partial charge in [0.2, 0.25) is 10.0 Å². The molecule has 1 saturated heterocycles. The van der Waals surface area contributed by atoms with E-state index in [9.17, 15) is 13.2 Å². The molecular formula is C13H18ClN3O3S. The van der Waals surface area contributed by atoms with Gasteiger partial charge < -0.3 is 0 Å². The average molecular weight is 332 g/mol. The third kappa shape index (κ3) is 3.94. The molecule has 1 amide bonds. The van der Waals surface area contributed by atoms with E-state index in [-0.39, 0.29) is 21.4 Å². The Morgan fingerprint density at radius 2 is 1.90 bits per heavy atom. The molecule has 6 nitrogen and oxygen atoms in total. The van der Waals surface area contributed by atoms with Crippen molar-refractivity contribution in [3.8, 4) is 0 Å². The molecule has 21 heavy (non-hydrogen) atoms. The minimum Gasteiger partial charge on any atom is -0.285 e. The summed E-state index contributed by atoms with van der Waals surface area (Å²) in [6.45, 7) is 1.61. The number of sulfonamides is 1. The number of piperidine rings is 1. The molecular weight excluding hydrogens is 314 g/mol. The first-order valence-corrected chi connectivity index (χ1v) is 8.59. The molecule has 0 radical (unpaired) electrons. The van der Waals surface area contributed by atoms with Crippen LogP contribution in [0.5, 0.6) is 0 Å². The van der Waals surface area contributed by atoms with Crippen LogP contribution in [0.4, 0.5) is 0 Å². The minimum atomic E-state index is -3.69. The second-order valence-electron chi connectivity index (χ2n) is 4.84. The van der Waals surface area contributed by atoms with Crippen molar-refractivity contribution in [3.05, 3.63) is 28.8 Å². The fraction of sp³-hybridized carbons (Fsp3) is 0.462. The second-order valence-corrected chi connectivity index (χ2v) is 7.10. The van der Waals surface area contributed by atoms with Gasteiger partial charge in [-0.1, -0.05) is 18.0 Å². The van der Waals surface area contributed by atoms with Crippen molar-refractivity contribution >= 4 is 27.5 Å². The highest BCUT2D eigenvalue weighted by atomic mass is 35.5. The van der Waals surface area contributed by atoms with Gasteiger partial charge in [-0.2, -0.15) is 0 Å². The number of hydrogen-bond acceptors (Lipinski definition) is 4. The Hall–Kier alpha value is -1.15. The monoisotopic (exact) mass is 331 g/mol. The number of hydrogen-bond donors (Lipinski definition) is 2. The van der Waals surface area contributed by atoms with Gasteiger partial charge in [0.25, 0.3) is 5.91 Å². The van der Waals surface area contributed by atoms with Crippen LogP contribution in [0.3, 0.4) is 0 Å². The minimum absolute atomic E-state index is 0.0823. The molecule has 8 heteroatoms. The van der Waals surface area contributed by atoms with Crippen LogP contribution in [-0.4, -0.2) is 39.5 Å². The van der Waals surface area contributed by atoms with E-state index in [1.54, 1.807) is 0 Å². The topological polar surface area (TPSA) is 78.5 Å². The standard InChI is InChI=1S/C13H18ClN3O3S/c1-15-21(19,20)12-9-10(5-6-11(12)14)13(18)16-17-7-3-2-4-8-17/h5-6,9,15H,2-4,7-8H2,1H3,(H,16,18). The van der Waals surface area contributed by atoms with Crippen molar-refractivity contribution in [1.29, 1.82) is 0 Å². The number of carbonyl (C=O) groups excluding carboxylic acids is 1. The summed E-state index contributed by atoms with van der Waals surface area (Å²) in [6.07, 6.45) is 3.25. The zero-order valence-electron chi connectivity index (χ0n) is 11.7. The molecule has 2 rings (SSSR count). The van der Waals surface area contributed by atoms with Gasteiger partial charge in [0, 0.05) is 18.7 Å². The lowest BCUT2D eigenvalue weighted by molar-refractivity contribution is 0.0750. The third-order valence-corrected chi connectivity index (χ3v) is 5.26. The van der Waals surface area contributed by atoms with Crippen molar-refractivity contribution in [3.63, 3.8) is 0 Å². The average Bonchev–Trinajstić information content (AvgIpc) is 2.48. The number of amides is 1. The Bertz CT molecular complexity index is 628. The van der Waals surface area contributed by atoms with Gasteiger partial charge in [0.05, 0.1) is 5.02 Å². The summed E-state index contributed by atoms with van der Waals surface area (Å²) in [6, 6.07) is 4.21. The first-order chi connectivity index (χ1) is 9.94. The van der Waals surface area contributed by atoms with Gasteiger partial charge >= 0.3 is 0 Å². The first-order valence-electron chi connectivity index (χ1n) is 6.73. The highest BCUT2D eigenvalue weighted by Gasteiger charge is 2.20. The summed E-state index contributed by atoms with van der Waals surface area (Å²) in [5.74, 6) is -0.332. The van der Waals surface area contributed by atoms with Gasteiger partial charge in [-0.3, -0.25) is 10.2 Å². The predicted octanol–water partition coefficient (Wildman–Crippen LogP) is 1.38. The fourth-order valence-corrected chi connectivity index (χ4v) is 3.42. The van der Waals surface area contributed by atoms with Crippen LogP contribution in [-0.2, 0) is 10.0 Å². The van der Waals surface area contributed by atoms with E-state index in [0.717, 1.165) is 32.4 Å². The molecule has 1 fully saturated rings. The van der Waals surface area contributed by atoms with Crippen LogP contribution in [0.1, 0.15) is 29.6 Å². The first kappa shape index (κ1) is 16.2. The van der Waals surface area contributed by atoms with Crippen molar-refractivity contribution in [1.82, 2.24) is 15.2 Å². The van der Waals surface area contributed by atoms with Crippen molar-refractivity contribution in [2.24, 2.45) is 0 Å². The van der Waals surface area contributed by atoms with E-state index in [0.29, 0.717) is 0 Å². The molecule has 0 aliphatic carbocycles. The quantitative estimate of drug-likeness (QED) is 0.873. The van der Waals surface area contributed by atoms with E-state index in [4.69, 9.17) is 11.6 Å². The Kier molecular flexibility index (Phi) is 5.21. The SMILES string of the molecule is CNS(=O)(=O)c1cc(C(=O)NN2CCCCC2)ccc1Cl. The molecule has 0 aromatic heterocycles. The van der Waals surface area contributed by atoms with Crippen molar-refractivity contribution < 1.29 is 13.2 Å². The maximum absolute atomic E-state index is 12.2. The number of hydrazine groups is 1. The lowest BCUT2D eigenvalue weighted by Gasteiger charge is -2.26. The number of halogens is 1. The number of benzene rings is 1. The number of rotatable bonds is 4. The lowest BCUT2D eigenvalue weighted by Crippen LogP contribution is -2.45. The molecule has 0 spiro atoms. The Morgan fingerprint density at radius 3 is 2.52 bits per heavy atom. The normalized spacial score (nSPS) is 16.7. The molecule has 0 bridgehead atoms. The van der Waals surface area contributed by atoms with Gasteiger partial charge in [-0.25, -0.2) is 18.1 Å². The maximum atomic E-state index is 12.2. The molecule has 1 aromatic rings. The third-order valence-electron chi connectivity index (χ3n) is 3.37. The van der Waals surface area contributed by atoms with Crippen LogP contribution in [0.25, 0.3) is 0 Å². The zero-order chi connectivity index (χ0) is 15.5. The molecule has 1 aliphatic heterocycles. The number of carbonyl (C=O) groups is 1. The Balaban J connectivity index is 2.20. The molecule has 1 aromatic carbocycles. The van der Waals surface area contributed by atoms with Crippen LogP contribution in [0.15, 0.2) is 23.1 Å². The second kappa shape index (κ2) is 6.74. The van der Waals surface area contributed by atoms with Gasteiger partial charge in [0.15, 0.2) is 0 Å². The summed E-state index contributed by atoms with van der Waals surface area (Å²) in [4.78, 5) is 12.1. The van der Waals surface area contributed by atoms with E-state index in [2.05, 4.69) is 10.1 Å². The molecule has 0 atom stereocenters. The van der Waals surface area contributed by atoms with E-state index in [1.165, 1.54) is 25.2 Å². The summed E-state index contributed by atoms with van der Waals surface area (Å²) in [5, 5.41) is 1.94. The van der Waals surface area contributed by atoms with Crippen molar-refractivity contribution in [2.45, 2.75) is 24.2 Å². The van der Waals surface area contributed by atoms with Crippen LogP contribution in [0.2, 0.25) is 5.02 Å². The molecule has 0 unspecified atom stereocenters. The lowest BCUT2D eigenvalue weighted by atomic mass is 10.1. The highest BCUT2D eigenvalue weighted by Crippen LogP contribution is 2.22. The number of nitrogens with zero attached hydrogens (tertiary/aromatic N) is 1. The summed E-state index contributed by atoms with van der Waals surface area (Å²) >= 11 is 5.89. The maximum Gasteiger partial charge on any atom is 0.265 e. The molecule has 1 heterocycles. The van der Waals surface area contributed by atoms with E-state index < -0.39 is 10.0 Å². The van der Waals surface area contributed by atoms with E-state index >= 15 is 0 Å². The smallest absolute Gasteiger partial charge is 0.265 e. The predicted molar refractivity (Wildman–Crippen MR) is 80.6 cm³/mol. The van der Waals surface area contributed by atoms with Crippen LogP contribution < -0.4 is 10.1 Å². The molecule has 1 aliphatic rings. The van der Waals surface area contributed by atoms with Gasteiger partial charge in [0.1, 0.15) is 4.90 Å². The summed E-state index contributed by atoms with van der Waals surface area (Å²) < 4.78 is 25.9. The number of nitrogens with one attached hydrogen (secondary N) is 2. The highest BCUT2D eigenvalue weighted by molar-refractivity contribution is 7.89.